The van der Waals surface area contributed by atoms with E-state index in [0.29, 0.717) is 18.0 Å². The van der Waals surface area contributed by atoms with Crippen molar-refractivity contribution in [3.8, 4) is 0 Å². The highest BCUT2D eigenvalue weighted by molar-refractivity contribution is 7.62. The number of hydrogen-bond acceptors (Lipinski definition) is 2. The molecule has 0 spiro atoms. The van der Waals surface area contributed by atoms with Gasteiger partial charge in [-0.3, -0.25) is 0 Å². The Morgan fingerprint density at radius 3 is 2.09 bits per heavy atom. The standard InChI is InChI=1S/C8H19O2P/c1-7(2)8(3)5-11(4,10)6-9/h7-9H,5-6H2,1-4H3/t8-,11+/m1/s1. The van der Waals surface area contributed by atoms with E-state index >= 15 is 0 Å². The molecule has 0 saturated carbocycles. The second-order valence-electron chi connectivity index (χ2n) is 3.84. The first-order valence-corrected chi connectivity index (χ1v) is 6.58. The normalized spacial score (nSPS) is 19.8. The van der Waals surface area contributed by atoms with Crippen LogP contribution in [0, 0.1) is 11.8 Å². The van der Waals surface area contributed by atoms with Crippen molar-refractivity contribution in [1.29, 1.82) is 0 Å². The maximum Gasteiger partial charge on any atom is 0.109 e. The molecule has 0 aliphatic rings. The first-order valence-electron chi connectivity index (χ1n) is 4.05. The lowest BCUT2D eigenvalue weighted by Crippen LogP contribution is -2.10. The zero-order valence-electron chi connectivity index (χ0n) is 7.87. The predicted octanol–water partition coefficient (Wildman–Crippen LogP) is 2.22. The number of aliphatic hydroxyl groups is 1. The Morgan fingerprint density at radius 2 is 1.82 bits per heavy atom. The summed E-state index contributed by atoms with van der Waals surface area (Å²) in [6.45, 7) is 7.98. The van der Waals surface area contributed by atoms with Crippen LogP contribution in [-0.2, 0) is 4.57 Å². The van der Waals surface area contributed by atoms with Gasteiger partial charge in [0.05, 0.1) is 6.35 Å². The van der Waals surface area contributed by atoms with Crippen LogP contribution in [0.4, 0.5) is 0 Å². The average molecular weight is 178 g/mol. The zero-order valence-corrected chi connectivity index (χ0v) is 8.77. The minimum atomic E-state index is -2.23. The van der Waals surface area contributed by atoms with E-state index < -0.39 is 7.14 Å². The van der Waals surface area contributed by atoms with Crippen LogP contribution in [-0.4, -0.2) is 24.3 Å². The summed E-state index contributed by atoms with van der Waals surface area (Å²) in [6.07, 6.45) is 0.519. The second kappa shape index (κ2) is 4.27. The van der Waals surface area contributed by atoms with Gasteiger partial charge in [-0.2, -0.15) is 0 Å². The van der Waals surface area contributed by atoms with Crippen molar-refractivity contribution in [3.63, 3.8) is 0 Å². The molecule has 2 nitrogen and oxygen atoms in total. The van der Waals surface area contributed by atoms with Crippen LogP contribution in [0.3, 0.4) is 0 Å². The molecule has 0 fully saturated rings. The molecule has 11 heavy (non-hydrogen) atoms. The van der Waals surface area contributed by atoms with Crippen LogP contribution in [0.1, 0.15) is 20.8 Å². The summed E-state index contributed by atoms with van der Waals surface area (Å²) >= 11 is 0. The molecule has 0 aromatic heterocycles. The average Bonchev–Trinajstić information content (AvgIpc) is 1.87. The minimum Gasteiger partial charge on any atom is -0.389 e. The second-order valence-corrected chi connectivity index (χ2v) is 7.08. The van der Waals surface area contributed by atoms with Crippen molar-refractivity contribution in [1.82, 2.24) is 0 Å². The van der Waals surface area contributed by atoms with E-state index in [4.69, 9.17) is 5.11 Å². The Balaban J connectivity index is 3.94. The molecular formula is C8H19O2P. The molecule has 2 atom stereocenters. The molecule has 0 aromatic rings. The van der Waals surface area contributed by atoms with Gasteiger partial charge in [0.2, 0.25) is 0 Å². The highest BCUT2D eigenvalue weighted by atomic mass is 31.2. The van der Waals surface area contributed by atoms with Gasteiger partial charge in [0.25, 0.3) is 0 Å². The Morgan fingerprint density at radius 1 is 1.36 bits per heavy atom. The van der Waals surface area contributed by atoms with Crippen molar-refractivity contribution in [2.75, 3.05) is 19.2 Å². The van der Waals surface area contributed by atoms with Crippen molar-refractivity contribution < 1.29 is 9.67 Å². The van der Waals surface area contributed by atoms with Crippen LogP contribution in [0.2, 0.25) is 0 Å². The molecule has 0 bridgehead atoms. The van der Waals surface area contributed by atoms with Crippen LogP contribution in [0.25, 0.3) is 0 Å². The summed E-state index contributed by atoms with van der Waals surface area (Å²) in [6, 6.07) is 0. The summed E-state index contributed by atoms with van der Waals surface area (Å²) in [5.41, 5.74) is 0. The number of hydrogen-bond donors (Lipinski definition) is 1. The number of rotatable bonds is 4. The largest absolute Gasteiger partial charge is 0.389 e. The lowest BCUT2D eigenvalue weighted by atomic mass is 10.0. The maximum atomic E-state index is 11.4. The Labute approximate surface area is 69.4 Å². The Bertz CT molecular complexity index is 154. The summed E-state index contributed by atoms with van der Waals surface area (Å²) in [4.78, 5) is 0. The van der Waals surface area contributed by atoms with Gasteiger partial charge in [-0.05, 0) is 18.5 Å². The lowest BCUT2D eigenvalue weighted by molar-refractivity contribution is 0.354. The molecule has 0 aliphatic heterocycles. The van der Waals surface area contributed by atoms with Crippen molar-refractivity contribution >= 4 is 7.14 Å². The fourth-order valence-electron chi connectivity index (χ4n) is 0.878. The van der Waals surface area contributed by atoms with Gasteiger partial charge in [0.15, 0.2) is 0 Å². The zero-order chi connectivity index (χ0) is 9.07. The first kappa shape index (κ1) is 11.2. The highest BCUT2D eigenvalue weighted by Crippen LogP contribution is 2.42. The van der Waals surface area contributed by atoms with Crippen molar-refractivity contribution in [2.45, 2.75) is 20.8 Å². The molecule has 0 saturated heterocycles. The molecule has 0 aromatic carbocycles. The Kier molecular flexibility index (Phi) is 4.35. The van der Waals surface area contributed by atoms with E-state index in [1.807, 2.05) is 0 Å². The van der Waals surface area contributed by atoms with Gasteiger partial charge in [0.1, 0.15) is 7.14 Å². The molecule has 0 rings (SSSR count). The molecule has 3 heteroatoms. The SMILES string of the molecule is CC(C)[C@H](C)C[P@](C)(=O)CO. The van der Waals surface area contributed by atoms with Crippen LogP contribution < -0.4 is 0 Å². The van der Waals surface area contributed by atoms with Gasteiger partial charge in [0, 0.05) is 6.16 Å². The predicted molar refractivity (Wildman–Crippen MR) is 49.5 cm³/mol. The molecule has 1 N–H and O–H groups in total. The molecule has 0 unspecified atom stereocenters. The molecule has 68 valence electrons. The molecule has 0 radical (unpaired) electrons. The number of aliphatic hydroxyl groups excluding tert-OH is 1. The quantitative estimate of drug-likeness (QED) is 0.670. The van der Waals surface area contributed by atoms with E-state index in [0.717, 1.165) is 0 Å². The fourth-order valence-corrected chi connectivity index (χ4v) is 2.63. The smallest absolute Gasteiger partial charge is 0.109 e. The van der Waals surface area contributed by atoms with Crippen LogP contribution >= 0.6 is 7.14 Å². The molecular weight excluding hydrogens is 159 g/mol. The van der Waals surface area contributed by atoms with Gasteiger partial charge in [-0.15, -0.1) is 0 Å². The summed E-state index contributed by atoms with van der Waals surface area (Å²) in [5.74, 6) is 0.993. The van der Waals surface area contributed by atoms with Gasteiger partial charge < -0.3 is 9.67 Å². The third kappa shape index (κ3) is 4.60. The fraction of sp³-hybridized carbons (Fsp3) is 1.00. The molecule has 0 heterocycles. The van der Waals surface area contributed by atoms with Crippen LogP contribution in [0.15, 0.2) is 0 Å². The van der Waals surface area contributed by atoms with Crippen molar-refractivity contribution in [2.24, 2.45) is 11.8 Å². The lowest BCUT2D eigenvalue weighted by Gasteiger charge is -2.18. The van der Waals surface area contributed by atoms with E-state index in [9.17, 15) is 4.57 Å². The topological polar surface area (TPSA) is 37.3 Å². The van der Waals surface area contributed by atoms with E-state index in [1.54, 1.807) is 6.66 Å². The van der Waals surface area contributed by atoms with E-state index in [-0.39, 0.29) is 6.35 Å². The van der Waals surface area contributed by atoms with Crippen molar-refractivity contribution in [3.05, 3.63) is 0 Å². The molecule has 0 amide bonds. The summed E-state index contributed by atoms with van der Waals surface area (Å²) in [5, 5.41) is 8.76. The van der Waals surface area contributed by atoms with E-state index in [2.05, 4.69) is 20.8 Å². The molecule has 0 aliphatic carbocycles. The van der Waals surface area contributed by atoms with Crippen LogP contribution in [0.5, 0.6) is 0 Å². The van der Waals surface area contributed by atoms with Gasteiger partial charge in [-0.25, -0.2) is 0 Å². The maximum absolute atomic E-state index is 11.4. The third-order valence-electron chi connectivity index (χ3n) is 2.11. The third-order valence-corrected chi connectivity index (χ3v) is 4.06. The first-order chi connectivity index (χ1) is 4.89. The minimum absolute atomic E-state index is 0.149. The van der Waals surface area contributed by atoms with Gasteiger partial charge in [-0.1, -0.05) is 20.8 Å². The highest BCUT2D eigenvalue weighted by Gasteiger charge is 2.19. The van der Waals surface area contributed by atoms with E-state index in [1.165, 1.54) is 0 Å². The summed E-state index contributed by atoms with van der Waals surface area (Å²) in [7, 11) is -2.23. The monoisotopic (exact) mass is 178 g/mol. The van der Waals surface area contributed by atoms with Gasteiger partial charge >= 0.3 is 0 Å². The Hall–Kier alpha value is 0.190. The summed E-state index contributed by atoms with van der Waals surface area (Å²) < 4.78 is 11.4.